The van der Waals surface area contributed by atoms with Crippen LogP contribution in [-0.4, -0.2) is 52.1 Å². The van der Waals surface area contributed by atoms with E-state index in [4.69, 9.17) is 14.5 Å². The standard InChI is InChI=1S/C23H28N6O3S/c1-5-17-21(32-10-9-31-4)20-18(7-8-29(20)16-12-25-28(3)13-16)26-22(17)27-19-11-15(14-33-19)23(30)24-6-2/h7-8,11-14H,5-6,9-10H2,1-4H3,(H,24,30)(H,26,27). The number of methoxy groups -OCH3 is 1. The van der Waals surface area contributed by atoms with Gasteiger partial charge in [0.2, 0.25) is 0 Å². The normalized spacial score (nSPS) is 11.2. The molecular formula is C23H28N6O3S. The predicted molar refractivity (Wildman–Crippen MR) is 130 cm³/mol. The van der Waals surface area contributed by atoms with Crippen LogP contribution in [0.4, 0.5) is 10.8 Å². The van der Waals surface area contributed by atoms with Gasteiger partial charge in [-0.05, 0) is 25.5 Å². The first-order valence-corrected chi connectivity index (χ1v) is 11.7. The summed E-state index contributed by atoms with van der Waals surface area (Å²) in [5.74, 6) is 1.39. The van der Waals surface area contributed by atoms with Gasteiger partial charge in [0, 0.05) is 44.0 Å². The van der Waals surface area contributed by atoms with Crippen molar-refractivity contribution in [3.63, 3.8) is 0 Å². The Morgan fingerprint density at radius 1 is 1.27 bits per heavy atom. The number of rotatable bonds is 10. The van der Waals surface area contributed by atoms with Crippen LogP contribution in [0.15, 0.2) is 36.1 Å². The zero-order valence-corrected chi connectivity index (χ0v) is 20.0. The number of ether oxygens (including phenoxy) is 2. The molecule has 0 bridgehead atoms. The van der Waals surface area contributed by atoms with E-state index >= 15 is 0 Å². The number of fused-ring (bicyclic) bond motifs is 1. The second-order valence-corrected chi connectivity index (χ2v) is 8.35. The topological polar surface area (TPSA) is 95.2 Å². The first kappa shape index (κ1) is 22.8. The fraction of sp³-hybridized carbons (Fsp3) is 0.348. The number of amides is 1. The van der Waals surface area contributed by atoms with Gasteiger partial charge >= 0.3 is 0 Å². The Kier molecular flexibility index (Phi) is 6.95. The van der Waals surface area contributed by atoms with Gasteiger partial charge in [-0.15, -0.1) is 11.3 Å². The Labute approximate surface area is 196 Å². The van der Waals surface area contributed by atoms with Crippen LogP contribution in [0.5, 0.6) is 5.75 Å². The number of pyridine rings is 1. The second kappa shape index (κ2) is 10.1. The molecule has 0 atom stereocenters. The first-order valence-electron chi connectivity index (χ1n) is 10.8. The molecule has 4 rings (SSSR count). The van der Waals surface area contributed by atoms with Crippen LogP contribution < -0.4 is 15.4 Å². The van der Waals surface area contributed by atoms with Gasteiger partial charge in [0.15, 0.2) is 5.75 Å². The lowest BCUT2D eigenvalue weighted by Crippen LogP contribution is -2.21. The van der Waals surface area contributed by atoms with Crippen molar-refractivity contribution in [2.45, 2.75) is 20.3 Å². The predicted octanol–water partition coefficient (Wildman–Crippen LogP) is 3.90. The molecule has 0 fully saturated rings. The molecule has 33 heavy (non-hydrogen) atoms. The maximum Gasteiger partial charge on any atom is 0.252 e. The highest BCUT2D eigenvalue weighted by Crippen LogP contribution is 2.38. The number of nitrogens with one attached hydrogen (secondary N) is 2. The van der Waals surface area contributed by atoms with E-state index in [9.17, 15) is 4.79 Å². The fourth-order valence-corrected chi connectivity index (χ4v) is 4.42. The van der Waals surface area contributed by atoms with Crippen molar-refractivity contribution in [3.8, 4) is 11.4 Å². The Morgan fingerprint density at radius 3 is 2.82 bits per heavy atom. The van der Waals surface area contributed by atoms with Gasteiger partial charge < -0.3 is 24.7 Å². The van der Waals surface area contributed by atoms with E-state index in [-0.39, 0.29) is 5.91 Å². The van der Waals surface area contributed by atoms with Gasteiger partial charge in [0.05, 0.1) is 34.6 Å². The third-order valence-electron chi connectivity index (χ3n) is 5.17. The minimum atomic E-state index is -0.0851. The minimum Gasteiger partial charge on any atom is -0.488 e. The largest absolute Gasteiger partial charge is 0.488 e. The number of hydrogen-bond acceptors (Lipinski definition) is 7. The average molecular weight is 469 g/mol. The van der Waals surface area contributed by atoms with Gasteiger partial charge in [-0.1, -0.05) is 6.92 Å². The summed E-state index contributed by atoms with van der Waals surface area (Å²) in [6.07, 6.45) is 6.44. The smallest absolute Gasteiger partial charge is 0.252 e. The van der Waals surface area contributed by atoms with E-state index in [1.807, 2.05) is 54.6 Å². The number of nitrogens with zero attached hydrogens (tertiary/aromatic N) is 4. The molecule has 0 saturated carbocycles. The highest BCUT2D eigenvalue weighted by atomic mass is 32.1. The maximum absolute atomic E-state index is 12.2. The van der Waals surface area contributed by atoms with E-state index in [0.29, 0.717) is 37.6 Å². The number of carbonyl (C=O) groups is 1. The summed E-state index contributed by atoms with van der Waals surface area (Å²) in [4.78, 5) is 17.1. The van der Waals surface area contributed by atoms with E-state index in [1.54, 1.807) is 11.8 Å². The quantitative estimate of drug-likeness (QED) is 0.343. The zero-order valence-electron chi connectivity index (χ0n) is 19.2. The molecule has 1 amide bonds. The van der Waals surface area contributed by atoms with Crippen LogP contribution in [0.3, 0.4) is 0 Å². The van der Waals surface area contributed by atoms with Crippen molar-refractivity contribution in [1.82, 2.24) is 24.6 Å². The van der Waals surface area contributed by atoms with Crippen LogP contribution >= 0.6 is 11.3 Å². The molecule has 0 unspecified atom stereocenters. The number of anilines is 2. The maximum atomic E-state index is 12.2. The molecule has 4 aromatic rings. The lowest BCUT2D eigenvalue weighted by atomic mass is 10.1. The van der Waals surface area contributed by atoms with Crippen molar-refractivity contribution in [3.05, 3.63) is 47.2 Å². The van der Waals surface area contributed by atoms with E-state index < -0.39 is 0 Å². The Morgan fingerprint density at radius 2 is 2.12 bits per heavy atom. The molecule has 0 aliphatic heterocycles. The van der Waals surface area contributed by atoms with Crippen molar-refractivity contribution < 1.29 is 14.3 Å². The molecule has 0 aliphatic rings. The number of aryl methyl sites for hydroxylation is 1. The average Bonchev–Trinajstić information content (AvgIpc) is 3.53. The highest BCUT2D eigenvalue weighted by Gasteiger charge is 2.20. The van der Waals surface area contributed by atoms with Crippen molar-refractivity contribution in [1.29, 1.82) is 0 Å². The van der Waals surface area contributed by atoms with Crippen molar-refractivity contribution in [2.75, 3.05) is 32.2 Å². The molecular weight excluding hydrogens is 440 g/mol. The second-order valence-electron chi connectivity index (χ2n) is 7.44. The van der Waals surface area contributed by atoms with Crippen molar-refractivity contribution in [2.24, 2.45) is 7.05 Å². The summed E-state index contributed by atoms with van der Waals surface area (Å²) in [6, 6.07) is 3.80. The molecule has 0 spiro atoms. The SMILES string of the molecule is CCNC(=O)c1csc(Nc2nc3ccn(-c4cnn(C)c4)c3c(OCCOC)c2CC)c1. The summed E-state index contributed by atoms with van der Waals surface area (Å²) in [7, 11) is 3.54. The molecule has 174 valence electrons. The molecule has 0 aromatic carbocycles. The first-order chi connectivity index (χ1) is 16.0. The summed E-state index contributed by atoms with van der Waals surface area (Å²) in [5.41, 5.74) is 4.19. The molecule has 0 saturated heterocycles. The fourth-order valence-electron chi connectivity index (χ4n) is 3.64. The summed E-state index contributed by atoms with van der Waals surface area (Å²) in [5, 5.41) is 13.2. The van der Waals surface area contributed by atoms with Crippen molar-refractivity contribution >= 4 is 39.1 Å². The van der Waals surface area contributed by atoms with Gasteiger partial charge in [-0.3, -0.25) is 9.48 Å². The van der Waals surface area contributed by atoms with Crippen LogP contribution in [0.25, 0.3) is 16.7 Å². The van der Waals surface area contributed by atoms with Gasteiger partial charge in [0.1, 0.15) is 17.9 Å². The Balaban J connectivity index is 1.78. The summed E-state index contributed by atoms with van der Waals surface area (Å²) >= 11 is 1.47. The zero-order chi connectivity index (χ0) is 23.4. The minimum absolute atomic E-state index is 0.0851. The lowest BCUT2D eigenvalue weighted by Gasteiger charge is -2.17. The van der Waals surface area contributed by atoms with Gasteiger partial charge in [0.25, 0.3) is 5.91 Å². The summed E-state index contributed by atoms with van der Waals surface area (Å²) < 4.78 is 15.3. The third kappa shape index (κ3) is 4.71. The third-order valence-corrected chi connectivity index (χ3v) is 6.02. The molecule has 9 nitrogen and oxygen atoms in total. The summed E-state index contributed by atoms with van der Waals surface area (Å²) in [6.45, 7) is 5.46. The molecule has 0 radical (unpaired) electrons. The van der Waals surface area contributed by atoms with E-state index in [0.717, 1.165) is 33.0 Å². The lowest BCUT2D eigenvalue weighted by molar-refractivity contribution is 0.0956. The monoisotopic (exact) mass is 468 g/mol. The molecule has 4 aromatic heterocycles. The molecule has 2 N–H and O–H groups in total. The van der Waals surface area contributed by atoms with Crippen LogP contribution in [0.1, 0.15) is 29.8 Å². The van der Waals surface area contributed by atoms with Gasteiger partial charge in [-0.25, -0.2) is 4.98 Å². The number of hydrogen-bond donors (Lipinski definition) is 2. The number of carbonyl (C=O) groups excluding carboxylic acids is 1. The van der Waals surface area contributed by atoms with E-state index in [2.05, 4.69) is 22.7 Å². The highest BCUT2D eigenvalue weighted by molar-refractivity contribution is 7.14. The van der Waals surface area contributed by atoms with E-state index in [1.165, 1.54) is 11.3 Å². The molecule has 0 aliphatic carbocycles. The van der Waals surface area contributed by atoms with Crippen LogP contribution in [0, 0.1) is 0 Å². The molecule has 10 heteroatoms. The van der Waals surface area contributed by atoms with Gasteiger partial charge in [-0.2, -0.15) is 5.10 Å². The molecule has 4 heterocycles. The van der Waals surface area contributed by atoms with Crippen LogP contribution in [-0.2, 0) is 18.2 Å². The Hall–Kier alpha value is -3.37. The van der Waals surface area contributed by atoms with Crippen LogP contribution in [0.2, 0.25) is 0 Å². The Bertz CT molecular complexity index is 1260. The number of aromatic nitrogens is 4. The number of thiophene rings is 1.